The molecule has 5 nitrogen and oxygen atoms in total. The quantitative estimate of drug-likeness (QED) is 0.772. The molecule has 1 N–H and O–H groups in total. The summed E-state index contributed by atoms with van der Waals surface area (Å²) in [5.74, 6) is 0.668. The van der Waals surface area contributed by atoms with E-state index in [9.17, 15) is 9.90 Å². The average molecular weight is 264 g/mol. The van der Waals surface area contributed by atoms with Crippen LogP contribution in [0.5, 0.6) is 0 Å². The molecule has 0 aromatic heterocycles. The van der Waals surface area contributed by atoms with Crippen molar-refractivity contribution in [2.24, 2.45) is 5.92 Å². The van der Waals surface area contributed by atoms with Crippen molar-refractivity contribution in [1.82, 2.24) is 0 Å². The van der Waals surface area contributed by atoms with Crippen LogP contribution in [0.4, 0.5) is 0 Å². The Bertz CT molecular complexity index is 462. The maximum Gasteiger partial charge on any atom is 0.293 e. The van der Waals surface area contributed by atoms with E-state index in [1.165, 1.54) is 0 Å². The van der Waals surface area contributed by atoms with Crippen molar-refractivity contribution in [3.63, 3.8) is 0 Å². The normalized spacial score (nSPS) is 32.9. The molecular weight excluding hydrogens is 248 g/mol. The minimum Gasteiger partial charge on any atom is -0.468 e. The second-order valence-corrected chi connectivity index (χ2v) is 4.93. The van der Waals surface area contributed by atoms with E-state index in [4.69, 9.17) is 14.2 Å². The minimum atomic E-state index is -0.635. The Labute approximate surface area is 111 Å². The number of aliphatic hydroxyl groups excluding tert-OH is 1. The van der Waals surface area contributed by atoms with Crippen molar-refractivity contribution in [3.05, 3.63) is 35.1 Å². The van der Waals surface area contributed by atoms with Gasteiger partial charge in [-0.1, -0.05) is 0 Å². The molecule has 1 fully saturated rings. The topological polar surface area (TPSA) is 65.0 Å². The molecule has 19 heavy (non-hydrogen) atoms. The number of carbonyl (C=O) groups is 1. The van der Waals surface area contributed by atoms with Gasteiger partial charge < -0.3 is 19.3 Å². The molecule has 1 heterocycles. The number of fused-ring (bicyclic) bond motifs is 2. The van der Waals surface area contributed by atoms with Crippen LogP contribution in [0.2, 0.25) is 0 Å². The Hall–Kier alpha value is -1.59. The molecule has 2 bridgehead atoms. The standard InChI is InChI=1S/C14H16O5/c15-7-17-6-10-2-1-9-3-11-4-12(19-8-18-11)5-13(9)14(10)16/h3-5,7,10-11,14,16H,1-2,6,8H2. The van der Waals surface area contributed by atoms with Crippen LogP contribution in [0.15, 0.2) is 35.1 Å². The fourth-order valence-corrected chi connectivity index (χ4v) is 2.76. The van der Waals surface area contributed by atoms with Crippen LogP contribution in [-0.2, 0) is 19.0 Å². The third-order valence-corrected chi connectivity index (χ3v) is 3.78. The van der Waals surface area contributed by atoms with Crippen LogP contribution in [0.3, 0.4) is 0 Å². The van der Waals surface area contributed by atoms with Crippen LogP contribution in [0, 0.1) is 5.92 Å². The fraction of sp³-hybridized carbons (Fsp3) is 0.500. The summed E-state index contributed by atoms with van der Waals surface area (Å²) in [6, 6.07) is 0. The van der Waals surface area contributed by atoms with Gasteiger partial charge in [0.15, 0.2) is 6.79 Å². The van der Waals surface area contributed by atoms with Crippen molar-refractivity contribution in [2.75, 3.05) is 13.4 Å². The lowest BCUT2D eigenvalue weighted by molar-refractivity contribution is -0.131. The van der Waals surface area contributed by atoms with Crippen LogP contribution >= 0.6 is 0 Å². The number of aliphatic hydroxyl groups is 1. The number of hydrogen-bond acceptors (Lipinski definition) is 5. The highest BCUT2D eigenvalue weighted by Gasteiger charge is 2.33. The van der Waals surface area contributed by atoms with Crippen LogP contribution in [0.1, 0.15) is 12.8 Å². The van der Waals surface area contributed by atoms with Gasteiger partial charge >= 0.3 is 0 Å². The number of ether oxygens (including phenoxy) is 3. The van der Waals surface area contributed by atoms with E-state index in [-0.39, 0.29) is 25.4 Å². The Morgan fingerprint density at radius 3 is 3.21 bits per heavy atom. The molecule has 0 aromatic carbocycles. The Morgan fingerprint density at radius 2 is 2.37 bits per heavy atom. The molecule has 5 heteroatoms. The molecule has 0 radical (unpaired) electrons. The van der Waals surface area contributed by atoms with Gasteiger partial charge in [-0.25, -0.2) is 0 Å². The summed E-state index contributed by atoms with van der Waals surface area (Å²) in [6.45, 7) is 0.902. The summed E-state index contributed by atoms with van der Waals surface area (Å²) >= 11 is 0. The number of hydrogen-bond donors (Lipinski definition) is 1. The lowest BCUT2D eigenvalue weighted by Gasteiger charge is -2.31. The molecular formula is C14H16O5. The molecule has 1 aliphatic heterocycles. The van der Waals surface area contributed by atoms with Gasteiger partial charge in [0.2, 0.25) is 0 Å². The third-order valence-electron chi connectivity index (χ3n) is 3.78. The molecule has 102 valence electrons. The smallest absolute Gasteiger partial charge is 0.293 e. The average Bonchev–Trinajstić information content (AvgIpc) is 2.54. The highest BCUT2D eigenvalue weighted by Crippen LogP contribution is 2.37. The summed E-state index contributed by atoms with van der Waals surface area (Å²) in [6.07, 6.45) is 6.71. The molecule has 0 amide bonds. The van der Waals surface area contributed by atoms with E-state index in [2.05, 4.69) is 0 Å². The summed E-state index contributed by atoms with van der Waals surface area (Å²) in [4.78, 5) is 10.3. The molecule has 0 spiro atoms. The highest BCUT2D eigenvalue weighted by molar-refractivity contribution is 5.45. The first-order valence-electron chi connectivity index (χ1n) is 6.40. The molecule has 3 rings (SSSR count). The second kappa shape index (κ2) is 5.19. The van der Waals surface area contributed by atoms with Gasteiger partial charge in [-0.2, -0.15) is 0 Å². The number of rotatable bonds is 3. The molecule has 0 saturated heterocycles. The maximum absolute atomic E-state index is 10.4. The number of allylic oxidation sites excluding steroid dienone is 1. The van der Waals surface area contributed by atoms with E-state index in [1.807, 2.05) is 18.2 Å². The van der Waals surface area contributed by atoms with Gasteiger partial charge in [0.05, 0.1) is 12.7 Å². The van der Waals surface area contributed by atoms with E-state index < -0.39 is 6.10 Å². The Balaban J connectivity index is 1.85. The largest absolute Gasteiger partial charge is 0.468 e. The molecule has 3 aliphatic rings. The minimum absolute atomic E-state index is 0.0620. The van der Waals surface area contributed by atoms with Gasteiger partial charge in [0.25, 0.3) is 6.47 Å². The Kier molecular flexibility index (Phi) is 3.40. The monoisotopic (exact) mass is 264 g/mol. The number of carbonyl (C=O) groups excluding carboxylic acids is 1. The first-order chi connectivity index (χ1) is 9.28. The zero-order valence-corrected chi connectivity index (χ0v) is 10.5. The molecule has 2 aliphatic carbocycles. The lowest BCUT2D eigenvalue weighted by Crippen LogP contribution is -2.31. The second-order valence-electron chi connectivity index (χ2n) is 4.93. The van der Waals surface area contributed by atoms with E-state index in [1.54, 1.807) is 0 Å². The predicted octanol–water partition coefficient (Wildman–Crippen LogP) is 1.05. The SMILES string of the molecule is O=COCC1CCC2=CC3C=C(C=C2C1O)OCO3. The summed E-state index contributed by atoms with van der Waals surface area (Å²) < 4.78 is 15.6. The van der Waals surface area contributed by atoms with Gasteiger partial charge in [0.1, 0.15) is 11.9 Å². The fourth-order valence-electron chi connectivity index (χ4n) is 2.76. The third kappa shape index (κ3) is 2.43. The van der Waals surface area contributed by atoms with Gasteiger partial charge in [0, 0.05) is 5.92 Å². The molecule has 1 saturated carbocycles. The first kappa shape index (κ1) is 12.4. The van der Waals surface area contributed by atoms with Crippen molar-refractivity contribution < 1.29 is 24.1 Å². The van der Waals surface area contributed by atoms with Gasteiger partial charge in [-0.05, 0) is 42.2 Å². The van der Waals surface area contributed by atoms with E-state index in [0.717, 1.165) is 29.7 Å². The lowest BCUT2D eigenvalue weighted by atomic mass is 9.79. The van der Waals surface area contributed by atoms with Crippen molar-refractivity contribution in [1.29, 1.82) is 0 Å². The van der Waals surface area contributed by atoms with E-state index in [0.29, 0.717) is 6.47 Å². The van der Waals surface area contributed by atoms with Crippen molar-refractivity contribution >= 4 is 6.47 Å². The van der Waals surface area contributed by atoms with E-state index >= 15 is 0 Å². The summed E-state index contributed by atoms with van der Waals surface area (Å²) in [5, 5.41) is 10.4. The van der Waals surface area contributed by atoms with Crippen LogP contribution < -0.4 is 0 Å². The molecule has 3 atom stereocenters. The van der Waals surface area contributed by atoms with Gasteiger partial charge in [-0.15, -0.1) is 0 Å². The van der Waals surface area contributed by atoms with Crippen LogP contribution in [-0.4, -0.2) is 37.2 Å². The van der Waals surface area contributed by atoms with Crippen molar-refractivity contribution in [2.45, 2.75) is 25.0 Å². The molecule has 0 aromatic rings. The zero-order valence-electron chi connectivity index (χ0n) is 10.5. The maximum atomic E-state index is 10.4. The molecule has 3 unspecified atom stereocenters. The summed E-state index contributed by atoms with van der Waals surface area (Å²) in [5.41, 5.74) is 1.95. The predicted molar refractivity (Wildman–Crippen MR) is 65.8 cm³/mol. The van der Waals surface area contributed by atoms with Crippen molar-refractivity contribution in [3.8, 4) is 0 Å². The highest BCUT2D eigenvalue weighted by atomic mass is 16.7. The van der Waals surface area contributed by atoms with Gasteiger partial charge in [-0.3, -0.25) is 4.79 Å². The Morgan fingerprint density at radius 1 is 1.47 bits per heavy atom. The zero-order chi connectivity index (χ0) is 13.2. The first-order valence-corrected chi connectivity index (χ1v) is 6.40. The summed E-state index contributed by atoms with van der Waals surface area (Å²) in [7, 11) is 0. The van der Waals surface area contributed by atoms with Crippen LogP contribution in [0.25, 0.3) is 0 Å².